The summed E-state index contributed by atoms with van der Waals surface area (Å²) in [5, 5.41) is 6.99. The molecule has 0 spiro atoms. The first-order chi connectivity index (χ1) is 17.1. The van der Waals surface area contributed by atoms with Crippen LogP contribution in [0.1, 0.15) is 20.3 Å². The lowest BCUT2D eigenvalue weighted by Gasteiger charge is -2.16. The van der Waals surface area contributed by atoms with Gasteiger partial charge in [-0.05, 0) is 49.1 Å². The number of ether oxygens (including phenoxy) is 2. The molecule has 3 aromatic rings. The lowest BCUT2D eigenvalue weighted by Crippen LogP contribution is -2.37. The maximum absolute atomic E-state index is 15.4. The molecule has 0 aliphatic carbocycles. The van der Waals surface area contributed by atoms with Crippen LogP contribution in [-0.4, -0.2) is 52.1 Å². The van der Waals surface area contributed by atoms with Crippen LogP contribution < -0.4 is 20.1 Å². The number of carbonyl (C=O) groups is 1. The van der Waals surface area contributed by atoms with Crippen molar-refractivity contribution in [3.8, 4) is 16.9 Å². The number of anilines is 2. The summed E-state index contributed by atoms with van der Waals surface area (Å²) in [7, 11) is -1.14. The minimum atomic E-state index is -3.78. The number of halogens is 2. The lowest BCUT2D eigenvalue weighted by molar-refractivity contribution is 0.168. The fourth-order valence-electron chi connectivity index (χ4n) is 3.57. The molecule has 0 unspecified atom stereocenters. The number of hydrogen-bond donors (Lipinski definition) is 3. The summed E-state index contributed by atoms with van der Waals surface area (Å²) >= 11 is 0. The number of hydrogen-bond acceptors (Lipinski definition) is 7. The van der Waals surface area contributed by atoms with Gasteiger partial charge in [0.2, 0.25) is 10.0 Å². The van der Waals surface area contributed by atoms with Crippen LogP contribution in [0.2, 0.25) is 0 Å². The molecule has 36 heavy (non-hydrogen) atoms. The third-order valence-corrected chi connectivity index (χ3v) is 6.75. The summed E-state index contributed by atoms with van der Waals surface area (Å²) in [6, 6.07) is 6.68. The molecule has 1 amide bonds. The zero-order valence-electron chi connectivity index (χ0n) is 20.3. The molecular formula is C24H28F2N4O5S. The molecule has 0 saturated carbocycles. The number of aromatic nitrogens is 1. The van der Waals surface area contributed by atoms with Crippen molar-refractivity contribution in [2.45, 2.75) is 26.3 Å². The first-order valence-corrected chi connectivity index (χ1v) is 12.8. The number of rotatable bonds is 10. The van der Waals surface area contributed by atoms with Gasteiger partial charge in [0.05, 0.1) is 31.2 Å². The minimum absolute atomic E-state index is 0.106. The van der Waals surface area contributed by atoms with Gasteiger partial charge >= 0.3 is 6.09 Å². The Morgan fingerprint density at radius 2 is 1.89 bits per heavy atom. The molecule has 12 heteroatoms. The van der Waals surface area contributed by atoms with Crippen LogP contribution in [0.3, 0.4) is 0 Å². The number of benzene rings is 2. The maximum Gasteiger partial charge on any atom is 0.407 e. The standard InChI is InChI=1S/C24H28F2N4O5S/c1-5-8-36(32,33)30-19-7-6-18(25)22(23(19)26)17-9-16-13-28-21(11-15(16)10-20(17)34-3)27-12-14(2)29-24(31)35-4/h6-7,9-11,13-14,30H,5,8,12H2,1-4H3,(H,27,28)(H,29,31)/t14-/m1/s1. The summed E-state index contributed by atoms with van der Waals surface area (Å²) in [4.78, 5) is 15.6. The molecule has 1 heterocycles. The van der Waals surface area contributed by atoms with Gasteiger partial charge in [-0.25, -0.2) is 27.0 Å². The molecule has 2 aromatic carbocycles. The number of pyridine rings is 1. The van der Waals surface area contributed by atoms with Gasteiger partial charge < -0.3 is 20.1 Å². The Labute approximate surface area is 208 Å². The van der Waals surface area contributed by atoms with Crippen LogP contribution >= 0.6 is 0 Å². The molecule has 0 radical (unpaired) electrons. The molecule has 3 rings (SSSR count). The molecule has 0 aliphatic heterocycles. The Bertz CT molecular complexity index is 1370. The number of alkyl carbamates (subject to hydrolysis) is 1. The number of fused-ring (bicyclic) bond motifs is 1. The van der Waals surface area contributed by atoms with E-state index in [1.165, 1.54) is 26.5 Å². The van der Waals surface area contributed by atoms with E-state index in [0.717, 1.165) is 12.1 Å². The lowest BCUT2D eigenvalue weighted by atomic mass is 9.99. The molecule has 0 aliphatic rings. The third-order valence-electron chi connectivity index (χ3n) is 5.28. The monoisotopic (exact) mass is 522 g/mol. The van der Waals surface area contributed by atoms with Crippen molar-refractivity contribution in [2.24, 2.45) is 0 Å². The van der Waals surface area contributed by atoms with E-state index < -0.39 is 33.3 Å². The van der Waals surface area contributed by atoms with Crippen LogP contribution in [0, 0.1) is 11.6 Å². The van der Waals surface area contributed by atoms with Crippen molar-refractivity contribution in [1.82, 2.24) is 10.3 Å². The average molecular weight is 523 g/mol. The molecule has 1 aromatic heterocycles. The van der Waals surface area contributed by atoms with Crippen LogP contribution in [-0.2, 0) is 14.8 Å². The molecule has 0 saturated heterocycles. The number of amides is 1. The quantitative estimate of drug-likeness (QED) is 0.359. The van der Waals surface area contributed by atoms with Gasteiger partial charge in [-0.15, -0.1) is 0 Å². The highest BCUT2D eigenvalue weighted by Crippen LogP contribution is 2.39. The molecule has 9 nitrogen and oxygen atoms in total. The normalized spacial score (nSPS) is 12.2. The van der Waals surface area contributed by atoms with Crippen molar-refractivity contribution in [3.63, 3.8) is 0 Å². The highest BCUT2D eigenvalue weighted by molar-refractivity contribution is 7.92. The fraction of sp³-hybridized carbons (Fsp3) is 0.333. The van der Waals surface area contributed by atoms with Gasteiger partial charge in [0.25, 0.3) is 0 Å². The predicted octanol–water partition coefficient (Wildman–Crippen LogP) is 4.50. The number of nitrogens with zero attached hydrogens (tertiary/aromatic N) is 1. The van der Waals surface area contributed by atoms with Gasteiger partial charge in [-0.3, -0.25) is 4.72 Å². The Morgan fingerprint density at radius 3 is 2.56 bits per heavy atom. The summed E-state index contributed by atoms with van der Waals surface area (Å²) in [6.07, 6.45) is 1.33. The van der Waals surface area contributed by atoms with E-state index in [2.05, 4.69) is 25.1 Å². The predicted molar refractivity (Wildman–Crippen MR) is 135 cm³/mol. The van der Waals surface area contributed by atoms with Crippen molar-refractivity contribution in [3.05, 3.63) is 48.2 Å². The van der Waals surface area contributed by atoms with Gasteiger partial charge in [-0.2, -0.15) is 0 Å². The van der Waals surface area contributed by atoms with E-state index in [4.69, 9.17) is 4.74 Å². The Kier molecular flexibility index (Phi) is 8.51. The second-order valence-electron chi connectivity index (χ2n) is 8.09. The third kappa shape index (κ3) is 6.30. The Morgan fingerprint density at radius 1 is 1.14 bits per heavy atom. The number of nitrogens with one attached hydrogen (secondary N) is 3. The van der Waals surface area contributed by atoms with Crippen LogP contribution in [0.15, 0.2) is 36.5 Å². The van der Waals surface area contributed by atoms with Crippen molar-refractivity contribution in [2.75, 3.05) is 36.6 Å². The fourth-order valence-corrected chi connectivity index (χ4v) is 4.70. The molecular weight excluding hydrogens is 494 g/mol. The van der Waals surface area contributed by atoms with Gasteiger partial charge in [-0.1, -0.05) is 6.92 Å². The Balaban J connectivity index is 1.97. The van der Waals surface area contributed by atoms with Crippen LogP contribution in [0.4, 0.5) is 25.1 Å². The van der Waals surface area contributed by atoms with E-state index in [1.807, 2.05) is 0 Å². The van der Waals surface area contributed by atoms with Gasteiger partial charge in [0, 0.05) is 29.7 Å². The Hall–Kier alpha value is -3.67. The van der Waals surface area contributed by atoms with Crippen molar-refractivity contribution in [1.29, 1.82) is 0 Å². The summed E-state index contributed by atoms with van der Waals surface area (Å²) in [6.45, 7) is 3.85. The molecule has 0 fully saturated rings. The second kappa shape index (κ2) is 11.4. The second-order valence-corrected chi connectivity index (χ2v) is 9.93. The molecule has 3 N–H and O–H groups in total. The topological polar surface area (TPSA) is 119 Å². The summed E-state index contributed by atoms with van der Waals surface area (Å²) in [5.74, 6) is -1.42. The largest absolute Gasteiger partial charge is 0.496 e. The van der Waals surface area contributed by atoms with Crippen molar-refractivity contribution < 1.29 is 31.5 Å². The summed E-state index contributed by atoms with van der Waals surface area (Å²) < 4.78 is 66.7. The van der Waals surface area contributed by atoms with Crippen LogP contribution in [0.5, 0.6) is 5.75 Å². The van der Waals surface area contributed by atoms with E-state index in [0.29, 0.717) is 29.6 Å². The molecule has 194 valence electrons. The zero-order chi connectivity index (χ0) is 26.5. The van der Waals surface area contributed by atoms with Gasteiger partial charge in [0.1, 0.15) is 17.4 Å². The number of sulfonamides is 1. The van der Waals surface area contributed by atoms with E-state index >= 15 is 4.39 Å². The SMILES string of the molecule is CCCS(=O)(=O)Nc1ccc(F)c(-c2cc3cnc(NC[C@@H](C)NC(=O)OC)cc3cc2OC)c1F. The molecule has 1 atom stereocenters. The average Bonchev–Trinajstić information content (AvgIpc) is 2.83. The number of carbonyl (C=O) groups excluding carboxylic acids is 1. The molecule has 0 bridgehead atoms. The van der Waals surface area contributed by atoms with E-state index in [9.17, 15) is 17.6 Å². The highest BCUT2D eigenvalue weighted by atomic mass is 32.2. The zero-order valence-corrected chi connectivity index (χ0v) is 21.1. The number of methoxy groups -OCH3 is 2. The first kappa shape index (κ1) is 26.9. The summed E-state index contributed by atoms with van der Waals surface area (Å²) in [5.41, 5.74) is -0.667. The highest BCUT2D eigenvalue weighted by Gasteiger charge is 2.22. The van der Waals surface area contributed by atoms with E-state index in [1.54, 1.807) is 26.0 Å². The van der Waals surface area contributed by atoms with E-state index in [-0.39, 0.29) is 28.8 Å². The van der Waals surface area contributed by atoms with Gasteiger partial charge in [0.15, 0.2) is 5.82 Å². The smallest absolute Gasteiger partial charge is 0.407 e. The first-order valence-electron chi connectivity index (χ1n) is 11.1. The minimum Gasteiger partial charge on any atom is -0.496 e. The maximum atomic E-state index is 15.4. The van der Waals surface area contributed by atoms with Crippen molar-refractivity contribution >= 4 is 38.4 Å². The van der Waals surface area contributed by atoms with Crippen LogP contribution in [0.25, 0.3) is 21.9 Å².